The van der Waals surface area contributed by atoms with Gasteiger partial charge in [-0.15, -0.1) is 11.3 Å². The Bertz CT molecular complexity index is 1080. The standard InChI is InChI=1S/C20H19N3O4S/c24-17(22-8-6-20(7-9-22)26-10-11-27-20)15-12-21-19-23(18(15)25)16(13-28-19)14-4-2-1-3-5-14/h1-5,12-13H,6-11H2. The number of ether oxygens (including phenoxy) is 2. The molecule has 2 saturated heterocycles. The minimum absolute atomic E-state index is 0.0947. The third kappa shape index (κ3) is 2.85. The molecule has 0 bridgehead atoms. The van der Waals surface area contributed by atoms with E-state index >= 15 is 0 Å². The van der Waals surface area contributed by atoms with E-state index in [9.17, 15) is 9.59 Å². The number of hydrogen-bond donors (Lipinski definition) is 0. The van der Waals surface area contributed by atoms with E-state index in [0.717, 1.165) is 11.3 Å². The molecule has 7 nitrogen and oxygen atoms in total. The van der Waals surface area contributed by atoms with Gasteiger partial charge in [-0.2, -0.15) is 0 Å². The predicted octanol–water partition coefficient (Wildman–Crippen LogP) is 2.40. The molecule has 1 amide bonds. The number of thiazole rings is 1. The van der Waals surface area contributed by atoms with Crippen LogP contribution in [0.15, 0.2) is 46.7 Å². The zero-order valence-corrected chi connectivity index (χ0v) is 16.0. The molecule has 0 N–H and O–H groups in total. The van der Waals surface area contributed by atoms with E-state index in [-0.39, 0.29) is 17.0 Å². The van der Waals surface area contributed by atoms with Gasteiger partial charge in [0, 0.05) is 37.5 Å². The topological polar surface area (TPSA) is 73.1 Å². The lowest BCUT2D eigenvalue weighted by Crippen LogP contribution is -2.48. The third-order valence-electron chi connectivity index (χ3n) is 5.37. The van der Waals surface area contributed by atoms with Crippen molar-refractivity contribution < 1.29 is 14.3 Å². The molecular weight excluding hydrogens is 378 g/mol. The van der Waals surface area contributed by atoms with Crippen LogP contribution in [0.4, 0.5) is 0 Å². The van der Waals surface area contributed by atoms with Gasteiger partial charge in [0.1, 0.15) is 5.56 Å². The third-order valence-corrected chi connectivity index (χ3v) is 6.21. The Morgan fingerprint density at radius 2 is 1.82 bits per heavy atom. The van der Waals surface area contributed by atoms with Crippen LogP contribution < -0.4 is 5.56 Å². The molecule has 3 aromatic rings. The zero-order chi connectivity index (χ0) is 19.1. The van der Waals surface area contributed by atoms with Crippen LogP contribution in [0.5, 0.6) is 0 Å². The number of benzene rings is 1. The summed E-state index contributed by atoms with van der Waals surface area (Å²) in [6.45, 7) is 2.18. The van der Waals surface area contributed by atoms with Gasteiger partial charge >= 0.3 is 0 Å². The van der Waals surface area contributed by atoms with Crippen molar-refractivity contribution in [2.45, 2.75) is 18.6 Å². The summed E-state index contributed by atoms with van der Waals surface area (Å²) < 4.78 is 13.0. The Kier molecular flexibility index (Phi) is 4.26. The molecule has 0 atom stereocenters. The molecule has 2 aliphatic rings. The van der Waals surface area contributed by atoms with Gasteiger partial charge in [-0.25, -0.2) is 4.98 Å². The van der Waals surface area contributed by atoms with Crippen LogP contribution in [0.2, 0.25) is 0 Å². The SMILES string of the molecule is O=C(c1cnc2scc(-c3ccccc3)n2c1=O)N1CCC2(CC1)OCCO2. The Morgan fingerprint density at radius 1 is 1.11 bits per heavy atom. The summed E-state index contributed by atoms with van der Waals surface area (Å²) in [7, 11) is 0. The summed E-state index contributed by atoms with van der Waals surface area (Å²) in [5, 5.41) is 1.90. The Hall–Kier alpha value is -2.55. The van der Waals surface area contributed by atoms with E-state index in [1.165, 1.54) is 21.9 Å². The molecule has 1 aromatic carbocycles. The number of carbonyl (C=O) groups is 1. The fourth-order valence-corrected chi connectivity index (χ4v) is 4.71. The summed E-state index contributed by atoms with van der Waals surface area (Å²) in [4.78, 5) is 32.8. The first-order chi connectivity index (χ1) is 13.7. The number of amides is 1. The summed E-state index contributed by atoms with van der Waals surface area (Å²) in [5.41, 5.74) is 1.43. The highest BCUT2D eigenvalue weighted by molar-refractivity contribution is 7.15. The van der Waals surface area contributed by atoms with Crippen molar-refractivity contribution >= 4 is 22.2 Å². The second-order valence-electron chi connectivity index (χ2n) is 6.98. The number of nitrogens with zero attached hydrogens (tertiary/aromatic N) is 3. The Morgan fingerprint density at radius 3 is 2.54 bits per heavy atom. The Balaban J connectivity index is 1.47. The van der Waals surface area contributed by atoms with Crippen LogP contribution in [0.3, 0.4) is 0 Å². The second kappa shape index (κ2) is 6.80. The van der Waals surface area contributed by atoms with Gasteiger partial charge in [-0.3, -0.25) is 14.0 Å². The molecule has 5 rings (SSSR count). The van der Waals surface area contributed by atoms with Crippen molar-refractivity contribution in [1.29, 1.82) is 0 Å². The summed E-state index contributed by atoms with van der Waals surface area (Å²) in [6, 6.07) is 9.64. The number of likely N-dealkylation sites (tertiary alicyclic amines) is 1. The van der Waals surface area contributed by atoms with Crippen LogP contribution in [0.25, 0.3) is 16.2 Å². The molecule has 0 saturated carbocycles. The van der Waals surface area contributed by atoms with Crippen LogP contribution in [-0.2, 0) is 9.47 Å². The van der Waals surface area contributed by atoms with Crippen LogP contribution in [-0.4, -0.2) is 52.3 Å². The van der Waals surface area contributed by atoms with Crippen LogP contribution >= 0.6 is 11.3 Å². The van der Waals surface area contributed by atoms with Crippen molar-refractivity contribution in [3.8, 4) is 11.3 Å². The number of rotatable bonds is 2. The van der Waals surface area contributed by atoms with Crippen LogP contribution in [0, 0.1) is 0 Å². The van der Waals surface area contributed by atoms with Gasteiger partial charge in [0.05, 0.1) is 18.9 Å². The van der Waals surface area contributed by atoms with Crippen molar-refractivity contribution in [3.63, 3.8) is 0 Å². The molecular formula is C20H19N3O4S. The summed E-state index contributed by atoms with van der Waals surface area (Å²) in [5.74, 6) is -0.841. The van der Waals surface area contributed by atoms with E-state index in [1.54, 1.807) is 4.90 Å². The van der Waals surface area contributed by atoms with Crippen LogP contribution in [0.1, 0.15) is 23.2 Å². The van der Waals surface area contributed by atoms with Crippen molar-refractivity contribution in [3.05, 3.63) is 57.8 Å². The van der Waals surface area contributed by atoms with Gasteiger partial charge in [0.2, 0.25) is 0 Å². The van der Waals surface area contributed by atoms with Gasteiger partial charge in [-0.1, -0.05) is 30.3 Å². The van der Waals surface area contributed by atoms with E-state index in [1.807, 2.05) is 35.7 Å². The maximum atomic E-state index is 13.2. The smallest absolute Gasteiger partial charge is 0.271 e. The second-order valence-corrected chi connectivity index (χ2v) is 7.82. The lowest BCUT2D eigenvalue weighted by molar-refractivity contribution is -0.181. The molecule has 2 aliphatic heterocycles. The Labute approximate surface area is 165 Å². The highest BCUT2D eigenvalue weighted by atomic mass is 32.1. The fraction of sp³-hybridized carbons (Fsp3) is 0.350. The molecule has 0 aliphatic carbocycles. The fourth-order valence-electron chi connectivity index (χ4n) is 3.86. The number of hydrogen-bond acceptors (Lipinski definition) is 6. The van der Waals surface area contributed by atoms with Crippen molar-refractivity contribution in [2.24, 2.45) is 0 Å². The maximum Gasteiger partial charge on any atom is 0.271 e. The largest absolute Gasteiger partial charge is 0.347 e. The predicted molar refractivity (Wildman–Crippen MR) is 105 cm³/mol. The van der Waals surface area contributed by atoms with E-state index in [2.05, 4.69) is 4.98 Å². The molecule has 28 heavy (non-hydrogen) atoms. The average Bonchev–Trinajstić information content (AvgIpc) is 3.37. The molecule has 8 heteroatoms. The van der Waals surface area contributed by atoms with Crippen molar-refractivity contribution in [1.82, 2.24) is 14.3 Å². The summed E-state index contributed by atoms with van der Waals surface area (Å²) >= 11 is 1.39. The first-order valence-electron chi connectivity index (χ1n) is 9.29. The van der Waals surface area contributed by atoms with Gasteiger partial charge in [0.15, 0.2) is 10.7 Å². The number of carbonyl (C=O) groups excluding carboxylic acids is 1. The molecule has 0 unspecified atom stereocenters. The van der Waals surface area contributed by atoms with Gasteiger partial charge < -0.3 is 14.4 Å². The highest BCUT2D eigenvalue weighted by Crippen LogP contribution is 2.31. The minimum Gasteiger partial charge on any atom is -0.347 e. The molecule has 0 radical (unpaired) electrons. The zero-order valence-electron chi connectivity index (χ0n) is 15.2. The van der Waals surface area contributed by atoms with Gasteiger partial charge in [0.25, 0.3) is 11.5 Å². The maximum absolute atomic E-state index is 13.2. The van der Waals surface area contributed by atoms with E-state index in [0.29, 0.717) is 44.1 Å². The van der Waals surface area contributed by atoms with Gasteiger partial charge in [-0.05, 0) is 5.56 Å². The van der Waals surface area contributed by atoms with Crippen molar-refractivity contribution in [2.75, 3.05) is 26.3 Å². The quantitative estimate of drug-likeness (QED) is 0.664. The number of fused-ring (bicyclic) bond motifs is 1. The average molecular weight is 397 g/mol. The first kappa shape index (κ1) is 17.5. The minimum atomic E-state index is -0.554. The molecule has 4 heterocycles. The number of piperidine rings is 1. The molecule has 2 aromatic heterocycles. The molecule has 144 valence electrons. The summed E-state index contributed by atoms with van der Waals surface area (Å²) in [6.07, 6.45) is 2.63. The lowest BCUT2D eigenvalue weighted by atomic mass is 10.0. The normalized spacial score (nSPS) is 18.8. The molecule has 2 fully saturated rings. The van der Waals surface area contributed by atoms with E-state index in [4.69, 9.17) is 9.47 Å². The monoisotopic (exact) mass is 397 g/mol. The lowest BCUT2D eigenvalue weighted by Gasteiger charge is -2.37. The molecule has 1 spiro atoms. The highest BCUT2D eigenvalue weighted by Gasteiger charge is 2.41. The first-order valence-corrected chi connectivity index (χ1v) is 10.2. The number of aromatic nitrogens is 2. The van der Waals surface area contributed by atoms with E-state index < -0.39 is 5.79 Å².